The summed E-state index contributed by atoms with van der Waals surface area (Å²) < 4.78 is 50.1. The number of carbonyl (C=O) groups excluding carboxylic acids is 2. The molecule has 0 aliphatic heterocycles. The van der Waals surface area contributed by atoms with Crippen molar-refractivity contribution in [1.82, 2.24) is 5.32 Å². The number of ether oxygens (including phenoxy) is 2. The molecule has 1 N–H and O–H groups in total. The molecule has 9 heteroatoms. The molecule has 3 aromatic rings. The Bertz CT molecular complexity index is 1280. The van der Waals surface area contributed by atoms with Gasteiger partial charge in [0.2, 0.25) is 0 Å². The van der Waals surface area contributed by atoms with Crippen LogP contribution in [-0.4, -0.2) is 25.5 Å². The summed E-state index contributed by atoms with van der Waals surface area (Å²) in [7, 11) is 1.30. The number of hydrogen-bond acceptors (Lipinski definition) is 5. The van der Waals surface area contributed by atoms with Crippen molar-refractivity contribution in [2.75, 3.05) is 13.7 Å². The number of nitrogens with one attached hydrogen (secondary N) is 1. The van der Waals surface area contributed by atoms with Crippen molar-refractivity contribution in [1.29, 1.82) is 0 Å². The maximum Gasteiger partial charge on any atom is 0.416 e. The van der Waals surface area contributed by atoms with Gasteiger partial charge < -0.3 is 14.8 Å². The minimum absolute atomic E-state index is 0.0676. The van der Waals surface area contributed by atoms with Crippen LogP contribution in [0.25, 0.3) is 11.1 Å². The molecule has 39 heavy (non-hydrogen) atoms. The number of amides is 1. The van der Waals surface area contributed by atoms with E-state index in [1.807, 2.05) is 32.0 Å². The predicted molar refractivity (Wildman–Crippen MR) is 147 cm³/mol. The zero-order chi connectivity index (χ0) is 29.0. The molecule has 0 radical (unpaired) electrons. The van der Waals surface area contributed by atoms with Crippen molar-refractivity contribution in [3.8, 4) is 16.9 Å². The SMILES string of the molecule is COC(=O)CCNC(=O)c1ccc(C(CC(C)(C)C)Oc2cc(C)c(-c3ccc(C(F)(F)F)cc3)c(C)c2)s1. The molecule has 0 saturated heterocycles. The van der Waals surface area contributed by atoms with Crippen molar-refractivity contribution in [3.63, 3.8) is 0 Å². The van der Waals surface area contributed by atoms with Crippen LogP contribution < -0.4 is 10.1 Å². The summed E-state index contributed by atoms with van der Waals surface area (Å²) in [5, 5.41) is 2.73. The molecule has 0 bridgehead atoms. The normalized spacial score (nSPS) is 12.6. The number of hydrogen-bond donors (Lipinski definition) is 1. The number of alkyl halides is 3. The monoisotopic (exact) mass is 561 g/mol. The van der Waals surface area contributed by atoms with Gasteiger partial charge in [-0.05, 0) is 84.3 Å². The van der Waals surface area contributed by atoms with E-state index in [2.05, 4.69) is 30.8 Å². The third-order valence-electron chi connectivity index (χ3n) is 6.09. The van der Waals surface area contributed by atoms with Crippen LogP contribution in [0.15, 0.2) is 48.5 Å². The fraction of sp³-hybridized carbons (Fsp3) is 0.400. The van der Waals surface area contributed by atoms with Gasteiger partial charge in [0.15, 0.2) is 0 Å². The molecule has 0 fully saturated rings. The molecular formula is C30H34F3NO4S. The van der Waals surface area contributed by atoms with Gasteiger partial charge in [-0.2, -0.15) is 13.2 Å². The number of esters is 1. The number of aryl methyl sites for hydroxylation is 2. The van der Waals surface area contributed by atoms with Crippen LogP contribution in [-0.2, 0) is 15.7 Å². The Morgan fingerprint density at radius 1 is 0.974 bits per heavy atom. The first-order valence-electron chi connectivity index (χ1n) is 12.6. The van der Waals surface area contributed by atoms with Crippen molar-refractivity contribution >= 4 is 23.2 Å². The van der Waals surface area contributed by atoms with Gasteiger partial charge in [0, 0.05) is 11.4 Å². The minimum Gasteiger partial charge on any atom is -0.485 e. The Kier molecular flexibility index (Phi) is 9.48. The van der Waals surface area contributed by atoms with Crippen molar-refractivity contribution < 1.29 is 32.2 Å². The summed E-state index contributed by atoms with van der Waals surface area (Å²) >= 11 is 1.34. The lowest BCUT2D eigenvalue weighted by Crippen LogP contribution is -2.25. The lowest BCUT2D eigenvalue weighted by atomic mass is 9.88. The Morgan fingerprint density at radius 3 is 2.13 bits per heavy atom. The van der Waals surface area contributed by atoms with E-state index in [0.29, 0.717) is 22.6 Å². The van der Waals surface area contributed by atoms with Gasteiger partial charge in [-0.1, -0.05) is 32.9 Å². The fourth-order valence-corrected chi connectivity index (χ4v) is 5.26. The van der Waals surface area contributed by atoms with E-state index < -0.39 is 17.7 Å². The quantitative estimate of drug-likeness (QED) is 0.270. The molecule has 5 nitrogen and oxygen atoms in total. The highest BCUT2D eigenvalue weighted by atomic mass is 32.1. The van der Waals surface area contributed by atoms with Gasteiger partial charge in [0.25, 0.3) is 5.91 Å². The molecule has 1 aromatic heterocycles. The summed E-state index contributed by atoms with van der Waals surface area (Å²) in [6, 6.07) is 12.6. The first-order valence-corrected chi connectivity index (χ1v) is 13.4. The molecular weight excluding hydrogens is 527 g/mol. The Hall–Kier alpha value is -3.33. The molecule has 1 unspecified atom stereocenters. The molecule has 0 saturated carbocycles. The maximum absolute atomic E-state index is 13.0. The lowest BCUT2D eigenvalue weighted by molar-refractivity contribution is -0.140. The smallest absolute Gasteiger partial charge is 0.416 e. The number of halogens is 3. The average Bonchev–Trinajstić information content (AvgIpc) is 3.32. The minimum atomic E-state index is -4.38. The van der Waals surface area contributed by atoms with Crippen molar-refractivity contribution in [2.45, 2.75) is 59.7 Å². The van der Waals surface area contributed by atoms with Gasteiger partial charge in [-0.15, -0.1) is 11.3 Å². The zero-order valence-corrected chi connectivity index (χ0v) is 23.8. The Labute approximate surface area is 231 Å². The molecule has 1 heterocycles. The predicted octanol–water partition coefficient (Wildman–Crippen LogP) is 7.90. The Morgan fingerprint density at radius 2 is 1.59 bits per heavy atom. The van der Waals surface area contributed by atoms with Crippen LogP contribution in [0.1, 0.15) is 71.0 Å². The van der Waals surface area contributed by atoms with Gasteiger partial charge >= 0.3 is 12.1 Å². The first kappa shape index (κ1) is 30.2. The van der Waals surface area contributed by atoms with Gasteiger partial charge in [0.1, 0.15) is 11.9 Å². The van der Waals surface area contributed by atoms with Gasteiger partial charge in [-0.3, -0.25) is 9.59 Å². The number of rotatable bonds is 9. The molecule has 1 amide bonds. The standard InChI is InChI=1S/C30H34F3NO4S/c1-18-15-22(16-19(2)27(18)20-7-9-21(10-8-20)30(31,32)33)38-23(17-29(3,4)5)24-11-12-25(39-24)28(36)34-14-13-26(35)37-6/h7-12,15-16,23H,13-14,17H2,1-6H3,(H,34,36). The van der Waals surface area contributed by atoms with Crippen LogP contribution in [0, 0.1) is 19.3 Å². The van der Waals surface area contributed by atoms with Crippen LogP contribution >= 0.6 is 11.3 Å². The van der Waals surface area contributed by atoms with E-state index in [1.54, 1.807) is 6.07 Å². The van der Waals surface area contributed by atoms with Gasteiger partial charge in [0.05, 0.1) is 24.0 Å². The zero-order valence-electron chi connectivity index (χ0n) is 23.0. The number of carbonyl (C=O) groups is 2. The number of benzene rings is 2. The van der Waals surface area contributed by atoms with E-state index >= 15 is 0 Å². The highest BCUT2D eigenvalue weighted by Gasteiger charge is 2.30. The summed E-state index contributed by atoms with van der Waals surface area (Å²) in [6.45, 7) is 10.3. The summed E-state index contributed by atoms with van der Waals surface area (Å²) in [4.78, 5) is 25.3. The number of thiophene rings is 1. The van der Waals surface area contributed by atoms with Crippen LogP contribution in [0.5, 0.6) is 5.75 Å². The topological polar surface area (TPSA) is 64.6 Å². The van der Waals surface area contributed by atoms with Crippen LogP contribution in [0.2, 0.25) is 0 Å². The molecule has 2 aromatic carbocycles. The molecule has 0 aliphatic carbocycles. The largest absolute Gasteiger partial charge is 0.485 e. The Balaban J connectivity index is 1.83. The first-order chi connectivity index (χ1) is 18.2. The van der Waals surface area contributed by atoms with Gasteiger partial charge in [-0.25, -0.2) is 0 Å². The van der Waals surface area contributed by atoms with Crippen LogP contribution in [0.3, 0.4) is 0 Å². The average molecular weight is 562 g/mol. The number of methoxy groups -OCH3 is 1. The highest BCUT2D eigenvalue weighted by molar-refractivity contribution is 7.14. The third kappa shape index (κ3) is 8.33. The van der Waals surface area contributed by atoms with Crippen LogP contribution in [0.4, 0.5) is 13.2 Å². The fourth-order valence-electron chi connectivity index (χ4n) is 4.31. The van der Waals surface area contributed by atoms with E-state index in [9.17, 15) is 22.8 Å². The second-order valence-corrected chi connectivity index (χ2v) is 11.8. The second-order valence-electron chi connectivity index (χ2n) is 10.7. The summed E-state index contributed by atoms with van der Waals surface area (Å²) in [6.07, 6.45) is -3.91. The van der Waals surface area contributed by atoms with Crippen molar-refractivity contribution in [3.05, 3.63) is 75.0 Å². The highest BCUT2D eigenvalue weighted by Crippen LogP contribution is 2.39. The van der Waals surface area contributed by atoms with E-state index in [1.165, 1.54) is 30.6 Å². The molecule has 0 spiro atoms. The van der Waals surface area contributed by atoms with E-state index in [-0.39, 0.29) is 30.4 Å². The van der Waals surface area contributed by atoms with E-state index in [4.69, 9.17) is 4.74 Å². The van der Waals surface area contributed by atoms with Crippen molar-refractivity contribution in [2.24, 2.45) is 5.41 Å². The van der Waals surface area contributed by atoms with E-state index in [0.717, 1.165) is 33.7 Å². The lowest BCUT2D eigenvalue weighted by Gasteiger charge is -2.27. The summed E-state index contributed by atoms with van der Waals surface area (Å²) in [5.41, 5.74) is 2.59. The molecule has 0 aliphatic rings. The molecule has 210 valence electrons. The third-order valence-corrected chi connectivity index (χ3v) is 7.27. The molecule has 1 atom stereocenters. The second kappa shape index (κ2) is 12.2. The molecule has 3 rings (SSSR count). The maximum atomic E-state index is 13.0. The summed E-state index contributed by atoms with van der Waals surface area (Å²) in [5.74, 6) is -0.0135.